The molecule has 98 valence electrons. The molecule has 4 nitrogen and oxygen atoms in total. The van der Waals surface area contributed by atoms with Crippen molar-refractivity contribution in [2.45, 2.75) is 51.7 Å². The van der Waals surface area contributed by atoms with Crippen LogP contribution in [0.4, 0.5) is 0 Å². The first-order valence-electron chi connectivity index (χ1n) is 6.27. The van der Waals surface area contributed by atoms with Crippen LogP contribution < -0.4 is 0 Å². The number of ether oxygens (including phenoxy) is 1. The van der Waals surface area contributed by atoms with Crippen LogP contribution in [-0.4, -0.2) is 16.1 Å². The summed E-state index contributed by atoms with van der Waals surface area (Å²) >= 11 is 0. The van der Waals surface area contributed by atoms with Crippen LogP contribution in [0.3, 0.4) is 0 Å². The molecule has 0 spiro atoms. The third kappa shape index (κ3) is 2.53. The average molecular weight is 249 g/mol. The number of aromatic nitrogens is 1. The number of hydrogen-bond donors (Lipinski definition) is 1. The third-order valence-electron chi connectivity index (χ3n) is 3.25. The summed E-state index contributed by atoms with van der Waals surface area (Å²) in [5.74, 6) is -0.289. The molecule has 1 atom stereocenters. The number of fused-ring (bicyclic) bond motifs is 1. The molecule has 1 unspecified atom stereocenters. The van der Waals surface area contributed by atoms with E-state index in [9.17, 15) is 9.90 Å². The van der Waals surface area contributed by atoms with Crippen molar-refractivity contribution in [1.29, 1.82) is 0 Å². The lowest BCUT2D eigenvalue weighted by atomic mass is 9.85. The maximum Gasteiger partial charge on any atom is 0.303 e. The molecule has 2 rings (SSSR count). The Morgan fingerprint density at radius 3 is 2.89 bits per heavy atom. The topological polar surface area (TPSA) is 59.4 Å². The van der Waals surface area contributed by atoms with Crippen LogP contribution in [0.25, 0.3) is 0 Å². The largest absolute Gasteiger partial charge is 0.456 e. The Balaban J connectivity index is 2.44. The van der Waals surface area contributed by atoms with Crippen LogP contribution in [0.1, 0.15) is 56.5 Å². The second kappa shape index (κ2) is 4.69. The first-order chi connectivity index (χ1) is 8.39. The van der Waals surface area contributed by atoms with Gasteiger partial charge in [-0.25, -0.2) is 0 Å². The van der Waals surface area contributed by atoms with E-state index >= 15 is 0 Å². The number of rotatable bonds is 2. The molecule has 18 heavy (non-hydrogen) atoms. The molecular formula is C14H19NO3. The van der Waals surface area contributed by atoms with Gasteiger partial charge in [-0.2, -0.15) is 0 Å². The van der Waals surface area contributed by atoms with Crippen molar-refractivity contribution >= 4 is 5.97 Å². The van der Waals surface area contributed by atoms with Crippen molar-refractivity contribution in [3.05, 3.63) is 29.1 Å². The predicted octanol–water partition coefficient (Wildman–Crippen LogP) is 2.25. The lowest BCUT2D eigenvalue weighted by Crippen LogP contribution is -2.24. The van der Waals surface area contributed by atoms with Crippen molar-refractivity contribution < 1.29 is 14.6 Å². The Hall–Kier alpha value is -1.42. The van der Waals surface area contributed by atoms with Gasteiger partial charge in [-0.05, 0) is 50.3 Å². The summed E-state index contributed by atoms with van der Waals surface area (Å²) in [4.78, 5) is 15.4. The molecule has 1 aromatic rings. The van der Waals surface area contributed by atoms with Gasteiger partial charge in [0.2, 0.25) is 0 Å². The molecule has 0 fully saturated rings. The van der Waals surface area contributed by atoms with E-state index in [4.69, 9.17) is 4.74 Å². The van der Waals surface area contributed by atoms with Gasteiger partial charge in [0.05, 0.1) is 11.3 Å². The second-order valence-corrected chi connectivity index (χ2v) is 5.27. The number of hydrogen-bond acceptors (Lipinski definition) is 4. The van der Waals surface area contributed by atoms with E-state index in [-0.39, 0.29) is 12.1 Å². The first-order valence-corrected chi connectivity index (χ1v) is 6.27. The molecule has 0 saturated carbocycles. The fraction of sp³-hybridized carbons (Fsp3) is 0.571. The highest BCUT2D eigenvalue weighted by atomic mass is 16.5. The highest BCUT2D eigenvalue weighted by molar-refractivity contribution is 5.66. The Bertz CT molecular complexity index is 463. The van der Waals surface area contributed by atoms with Crippen LogP contribution in [0.2, 0.25) is 0 Å². The van der Waals surface area contributed by atoms with Crippen LogP contribution >= 0.6 is 0 Å². The lowest BCUT2D eigenvalue weighted by Gasteiger charge is -2.29. The second-order valence-electron chi connectivity index (χ2n) is 5.27. The Morgan fingerprint density at radius 1 is 1.56 bits per heavy atom. The molecule has 1 heterocycles. The zero-order valence-electron chi connectivity index (χ0n) is 11.1. The van der Waals surface area contributed by atoms with Crippen molar-refractivity contribution in [3.63, 3.8) is 0 Å². The summed E-state index contributed by atoms with van der Waals surface area (Å²) in [5, 5.41) is 10.2. The highest BCUT2D eigenvalue weighted by Crippen LogP contribution is 2.36. The zero-order chi connectivity index (χ0) is 13.3. The molecule has 1 N–H and O–H groups in total. The third-order valence-corrected chi connectivity index (χ3v) is 3.25. The minimum Gasteiger partial charge on any atom is -0.456 e. The summed E-state index contributed by atoms with van der Waals surface area (Å²) in [5.41, 5.74) is 1.81. The smallest absolute Gasteiger partial charge is 0.303 e. The van der Waals surface area contributed by atoms with E-state index in [1.54, 1.807) is 20.0 Å². The maximum atomic E-state index is 11.1. The van der Waals surface area contributed by atoms with E-state index in [1.807, 2.05) is 6.07 Å². The molecule has 1 aliphatic carbocycles. The number of carbonyl (C=O) groups excluding carboxylic acids is 1. The summed E-state index contributed by atoms with van der Waals surface area (Å²) < 4.78 is 5.30. The van der Waals surface area contributed by atoms with Crippen LogP contribution in [0.15, 0.2) is 12.3 Å². The minimum atomic E-state index is -0.898. The zero-order valence-corrected chi connectivity index (χ0v) is 11.1. The van der Waals surface area contributed by atoms with E-state index in [2.05, 4.69) is 4.98 Å². The normalized spacial score (nSPS) is 19.2. The average Bonchev–Trinajstić information content (AvgIpc) is 2.26. The first kappa shape index (κ1) is 13.0. The predicted molar refractivity (Wildman–Crippen MR) is 66.9 cm³/mol. The summed E-state index contributed by atoms with van der Waals surface area (Å²) in [6, 6.07) is 1.84. The van der Waals surface area contributed by atoms with Gasteiger partial charge in [0.25, 0.3) is 0 Å². The molecule has 1 aromatic heterocycles. The van der Waals surface area contributed by atoms with E-state index in [0.29, 0.717) is 0 Å². The SMILES string of the molecule is CC(=O)OC1CCCc2c(C(C)(C)O)ccnc21. The Labute approximate surface area is 107 Å². The van der Waals surface area contributed by atoms with Crippen LogP contribution in [0, 0.1) is 0 Å². The van der Waals surface area contributed by atoms with Gasteiger partial charge in [0, 0.05) is 13.1 Å². The number of nitrogens with zero attached hydrogens (tertiary/aromatic N) is 1. The van der Waals surface area contributed by atoms with E-state index in [0.717, 1.165) is 36.1 Å². The van der Waals surface area contributed by atoms with Gasteiger partial charge in [-0.15, -0.1) is 0 Å². The molecule has 0 radical (unpaired) electrons. The maximum absolute atomic E-state index is 11.1. The standard InChI is InChI=1S/C14H19NO3/c1-9(16)18-12-6-4-5-10-11(14(2,3)17)7-8-15-13(10)12/h7-8,12,17H,4-6H2,1-3H3. The molecule has 0 aromatic carbocycles. The van der Waals surface area contributed by atoms with Crippen molar-refractivity contribution in [2.24, 2.45) is 0 Å². The van der Waals surface area contributed by atoms with Crippen LogP contribution in [0.5, 0.6) is 0 Å². The Morgan fingerprint density at radius 2 is 2.28 bits per heavy atom. The van der Waals surface area contributed by atoms with Gasteiger partial charge in [0.15, 0.2) is 0 Å². The molecule has 0 saturated heterocycles. The summed E-state index contributed by atoms with van der Waals surface area (Å²) in [6.45, 7) is 4.93. The van der Waals surface area contributed by atoms with Gasteiger partial charge >= 0.3 is 5.97 Å². The quantitative estimate of drug-likeness (QED) is 0.817. The molecule has 1 aliphatic rings. The Kier molecular flexibility index (Phi) is 3.39. The number of pyridine rings is 1. The monoisotopic (exact) mass is 249 g/mol. The van der Waals surface area contributed by atoms with Crippen molar-refractivity contribution in [2.75, 3.05) is 0 Å². The molecular weight excluding hydrogens is 230 g/mol. The van der Waals surface area contributed by atoms with Gasteiger partial charge < -0.3 is 9.84 Å². The minimum absolute atomic E-state index is 0.270. The van der Waals surface area contributed by atoms with E-state index < -0.39 is 5.60 Å². The number of esters is 1. The van der Waals surface area contributed by atoms with Gasteiger partial charge in [0.1, 0.15) is 6.10 Å². The van der Waals surface area contributed by atoms with Crippen LogP contribution in [-0.2, 0) is 21.6 Å². The lowest BCUT2D eigenvalue weighted by molar-refractivity contribution is -0.147. The van der Waals surface area contributed by atoms with Gasteiger partial charge in [-0.1, -0.05) is 0 Å². The fourth-order valence-corrected chi connectivity index (χ4v) is 2.54. The summed E-state index contributed by atoms with van der Waals surface area (Å²) in [6.07, 6.45) is 4.02. The van der Waals surface area contributed by atoms with Crippen molar-refractivity contribution in [1.82, 2.24) is 4.98 Å². The highest BCUT2D eigenvalue weighted by Gasteiger charge is 2.29. The van der Waals surface area contributed by atoms with Crippen molar-refractivity contribution in [3.8, 4) is 0 Å². The van der Waals surface area contributed by atoms with Gasteiger partial charge in [-0.3, -0.25) is 9.78 Å². The molecule has 0 aliphatic heterocycles. The molecule has 0 bridgehead atoms. The molecule has 0 amide bonds. The molecule has 4 heteroatoms. The fourth-order valence-electron chi connectivity index (χ4n) is 2.54. The summed E-state index contributed by atoms with van der Waals surface area (Å²) in [7, 11) is 0. The number of aliphatic hydroxyl groups is 1. The van der Waals surface area contributed by atoms with E-state index in [1.165, 1.54) is 6.92 Å². The number of carbonyl (C=O) groups is 1.